The summed E-state index contributed by atoms with van der Waals surface area (Å²) >= 11 is 0. The van der Waals surface area contributed by atoms with Crippen LogP contribution in [0.3, 0.4) is 0 Å². The van der Waals surface area contributed by atoms with Gasteiger partial charge in [-0.25, -0.2) is 0 Å². The summed E-state index contributed by atoms with van der Waals surface area (Å²) in [6, 6.07) is 0.768. The quantitative estimate of drug-likeness (QED) is 0.683. The number of nitrogens with zero attached hydrogens (tertiary/aromatic N) is 2. The Balaban J connectivity index is 2.52. The Morgan fingerprint density at radius 3 is 2.92 bits per heavy atom. The van der Waals surface area contributed by atoms with Gasteiger partial charge in [0.05, 0.1) is 0 Å². The Bertz CT molecular complexity index is 233. The molecule has 0 saturated heterocycles. The average molecular weight is 170 g/mol. The molecule has 0 amide bonds. The Morgan fingerprint density at radius 1 is 1.58 bits per heavy atom. The third-order valence-electron chi connectivity index (χ3n) is 1.25. The Hall–Kier alpha value is -1.10. The second-order valence-corrected chi connectivity index (χ2v) is 2.85. The first-order valence-electron chi connectivity index (χ1n) is 4.01. The first kappa shape index (κ1) is 8.99. The summed E-state index contributed by atoms with van der Waals surface area (Å²) in [5, 5.41) is 6.73. The smallest absolute Gasteiger partial charge is 0.321 e. The summed E-state index contributed by atoms with van der Waals surface area (Å²) in [5.74, 6) is 0.653. The number of nitrogens with one attached hydrogen (secondary N) is 1. The predicted molar refractivity (Wildman–Crippen MR) is 45.8 cm³/mol. The van der Waals surface area contributed by atoms with E-state index in [1.807, 2.05) is 13.8 Å². The van der Waals surface area contributed by atoms with E-state index in [1.165, 1.54) is 0 Å². The van der Waals surface area contributed by atoms with Gasteiger partial charge in [0.2, 0.25) is 0 Å². The normalized spacial score (nSPS) is 10.7. The summed E-state index contributed by atoms with van der Waals surface area (Å²) in [6.45, 7) is 4.56. The maximum atomic E-state index is 5.33. The molecule has 1 aromatic rings. The second kappa shape index (κ2) is 4.06. The molecule has 12 heavy (non-hydrogen) atoms. The molecule has 3 N–H and O–H groups in total. The summed E-state index contributed by atoms with van der Waals surface area (Å²) in [4.78, 5) is 4.07. The molecule has 0 aliphatic carbocycles. The van der Waals surface area contributed by atoms with Gasteiger partial charge in [-0.05, 0) is 20.4 Å². The zero-order chi connectivity index (χ0) is 8.97. The molecule has 5 nitrogen and oxygen atoms in total. The maximum absolute atomic E-state index is 5.33. The van der Waals surface area contributed by atoms with Crippen LogP contribution >= 0.6 is 0 Å². The lowest BCUT2D eigenvalue weighted by atomic mass is 10.4. The van der Waals surface area contributed by atoms with Crippen molar-refractivity contribution in [3.63, 3.8) is 0 Å². The van der Waals surface area contributed by atoms with Crippen molar-refractivity contribution in [3.05, 3.63) is 5.82 Å². The number of hydrogen-bond acceptors (Lipinski definition) is 5. The number of nitrogens with two attached hydrogens (primary N) is 1. The first-order chi connectivity index (χ1) is 5.72. The zero-order valence-electron chi connectivity index (χ0n) is 7.37. The fraction of sp³-hybridized carbons (Fsp3) is 0.714. The van der Waals surface area contributed by atoms with E-state index in [4.69, 9.17) is 10.3 Å². The average Bonchev–Trinajstić information content (AvgIpc) is 2.36. The van der Waals surface area contributed by atoms with Crippen molar-refractivity contribution < 1.29 is 4.52 Å². The molecule has 0 aliphatic rings. The van der Waals surface area contributed by atoms with Crippen LogP contribution in [0.2, 0.25) is 0 Å². The van der Waals surface area contributed by atoms with Gasteiger partial charge in [-0.15, -0.1) is 0 Å². The summed E-state index contributed by atoms with van der Waals surface area (Å²) < 4.78 is 4.90. The van der Waals surface area contributed by atoms with Crippen LogP contribution in [0, 0.1) is 0 Å². The van der Waals surface area contributed by atoms with Gasteiger partial charge in [-0.3, -0.25) is 0 Å². The molecule has 68 valence electrons. The molecule has 1 heterocycles. The van der Waals surface area contributed by atoms with Crippen LogP contribution in [0.15, 0.2) is 4.52 Å². The third kappa shape index (κ3) is 2.50. The summed E-state index contributed by atoms with van der Waals surface area (Å²) in [6.07, 6.45) is 0.656. The van der Waals surface area contributed by atoms with Crippen LogP contribution in [0.25, 0.3) is 0 Å². The van der Waals surface area contributed by atoms with Gasteiger partial charge in [0.15, 0.2) is 5.82 Å². The predicted octanol–water partition coefficient (Wildman–Crippen LogP) is 0.391. The largest absolute Gasteiger partial charge is 0.336 e. The van der Waals surface area contributed by atoms with Gasteiger partial charge in [0.1, 0.15) is 0 Å². The van der Waals surface area contributed by atoms with E-state index in [1.54, 1.807) is 0 Å². The number of rotatable bonds is 4. The monoisotopic (exact) mass is 170 g/mol. The molecule has 0 aromatic carbocycles. The summed E-state index contributed by atoms with van der Waals surface area (Å²) in [7, 11) is 0. The van der Waals surface area contributed by atoms with Crippen molar-refractivity contribution in [2.45, 2.75) is 26.3 Å². The van der Waals surface area contributed by atoms with E-state index < -0.39 is 0 Å². The molecule has 0 radical (unpaired) electrons. The molecule has 5 heteroatoms. The van der Waals surface area contributed by atoms with E-state index in [0.717, 1.165) is 0 Å². The van der Waals surface area contributed by atoms with Gasteiger partial charge in [-0.1, -0.05) is 5.16 Å². The van der Waals surface area contributed by atoms with Crippen molar-refractivity contribution in [2.75, 3.05) is 11.9 Å². The maximum Gasteiger partial charge on any atom is 0.321 e. The lowest BCUT2D eigenvalue weighted by molar-refractivity contribution is 0.420. The van der Waals surface area contributed by atoms with E-state index in [0.29, 0.717) is 30.8 Å². The third-order valence-corrected chi connectivity index (χ3v) is 1.25. The molecule has 0 bridgehead atoms. The van der Waals surface area contributed by atoms with Gasteiger partial charge in [0.25, 0.3) is 0 Å². The fourth-order valence-electron chi connectivity index (χ4n) is 0.790. The van der Waals surface area contributed by atoms with Crippen molar-refractivity contribution in [3.8, 4) is 0 Å². The minimum Gasteiger partial charge on any atom is -0.336 e. The lowest BCUT2D eigenvalue weighted by Gasteiger charge is -2.01. The molecular formula is C7H14N4O. The fourth-order valence-corrected chi connectivity index (χ4v) is 0.790. The van der Waals surface area contributed by atoms with Gasteiger partial charge >= 0.3 is 6.01 Å². The zero-order valence-corrected chi connectivity index (χ0v) is 7.37. The van der Waals surface area contributed by atoms with Crippen LogP contribution in [0.4, 0.5) is 6.01 Å². The molecule has 0 spiro atoms. The highest BCUT2D eigenvalue weighted by Crippen LogP contribution is 2.04. The standard InChI is InChI=1S/C7H14N4O/c1-5(2)9-7-10-6(3-4-8)11-12-7/h5H,3-4,8H2,1-2H3,(H,9,10,11). The molecule has 0 atom stereocenters. The Labute approximate surface area is 71.3 Å². The number of aromatic nitrogens is 2. The Kier molecular flexibility index (Phi) is 3.04. The molecule has 1 aromatic heterocycles. The Morgan fingerprint density at radius 2 is 2.33 bits per heavy atom. The van der Waals surface area contributed by atoms with Crippen molar-refractivity contribution in [1.82, 2.24) is 10.1 Å². The molecule has 0 saturated carbocycles. The molecule has 1 rings (SSSR count). The number of anilines is 1. The first-order valence-corrected chi connectivity index (χ1v) is 4.01. The minimum absolute atomic E-state index is 0.302. The number of hydrogen-bond donors (Lipinski definition) is 2. The minimum atomic E-state index is 0.302. The van der Waals surface area contributed by atoms with Crippen LogP contribution in [0.5, 0.6) is 0 Å². The topological polar surface area (TPSA) is 77.0 Å². The van der Waals surface area contributed by atoms with Gasteiger partial charge in [0, 0.05) is 12.5 Å². The van der Waals surface area contributed by atoms with E-state index >= 15 is 0 Å². The summed E-state index contributed by atoms with van der Waals surface area (Å²) in [5.41, 5.74) is 5.33. The van der Waals surface area contributed by atoms with Crippen molar-refractivity contribution in [2.24, 2.45) is 5.73 Å². The van der Waals surface area contributed by atoms with Crippen molar-refractivity contribution in [1.29, 1.82) is 0 Å². The van der Waals surface area contributed by atoms with Gasteiger partial charge < -0.3 is 15.6 Å². The van der Waals surface area contributed by atoms with E-state index in [-0.39, 0.29) is 0 Å². The SMILES string of the molecule is CC(C)Nc1nc(CCN)no1. The van der Waals surface area contributed by atoms with Crippen LogP contribution in [-0.2, 0) is 6.42 Å². The highest BCUT2D eigenvalue weighted by molar-refractivity contribution is 5.19. The van der Waals surface area contributed by atoms with Gasteiger partial charge in [-0.2, -0.15) is 4.98 Å². The van der Waals surface area contributed by atoms with Crippen molar-refractivity contribution >= 4 is 6.01 Å². The molecular weight excluding hydrogens is 156 g/mol. The van der Waals surface area contributed by atoms with Crippen LogP contribution in [0.1, 0.15) is 19.7 Å². The highest BCUT2D eigenvalue weighted by atomic mass is 16.5. The lowest BCUT2D eigenvalue weighted by Crippen LogP contribution is -2.10. The second-order valence-electron chi connectivity index (χ2n) is 2.85. The molecule has 0 unspecified atom stereocenters. The van der Waals surface area contributed by atoms with E-state index in [9.17, 15) is 0 Å². The van der Waals surface area contributed by atoms with Crippen LogP contribution < -0.4 is 11.1 Å². The highest BCUT2D eigenvalue weighted by Gasteiger charge is 2.04. The van der Waals surface area contributed by atoms with E-state index in [2.05, 4.69) is 15.5 Å². The van der Waals surface area contributed by atoms with Crippen LogP contribution in [-0.4, -0.2) is 22.7 Å². The molecule has 0 aliphatic heterocycles. The molecule has 0 fully saturated rings.